The van der Waals surface area contributed by atoms with Crippen LogP contribution in [0.2, 0.25) is 0 Å². The van der Waals surface area contributed by atoms with E-state index in [2.05, 4.69) is 34.3 Å². The lowest BCUT2D eigenvalue weighted by Crippen LogP contribution is -2.30. The summed E-state index contributed by atoms with van der Waals surface area (Å²) in [6, 6.07) is 14.5. The molecule has 2 aromatic rings. The maximum absolute atomic E-state index is 12.2. The predicted molar refractivity (Wildman–Crippen MR) is 95.3 cm³/mol. The van der Waals surface area contributed by atoms with Crippen molar-refractivity contribution < 1.29 is 13.2 Å². The highest BCUT2D eigenvalue weighted by atomic mass is 32.2. The number of amides is 1. The van der Waals surface area contributed by atoms with Crippen LogP contribution in [0, 0.1) is 5.92 Å². The molecule has 24 heavy (non-hydrogen) atoms. The first-order valence-corrected chi connectivity index (χ1v) is 10.0. The Morgan fingerprint density at radius 1 is 1.12 bits per heavy atom. The van der Waals surface area contributed by atoms with Crippen LogP contribution in [0.4, 0.5) is 0 Å². The molecule has 1 fully saturated rings. The number of fused-ring (bicyclic) bond motifs is 1. The van der Waals surface area contributed by atoms with Gasteiger partial charge in [-0.05, 0) is 35.1 Å². The first kappa shape index (κ1) is 16.9. The Morgan fingerprint density at radius 2 is 1.88 bits per heavy atom. The Labute approximate surface area is 142 Å². The fourth-order valence-corrected chi connectivity index (χ4v) is 3.61. The minimum atomic E-state index is -3.16. The molecule has 0 saturated heterocycles. The minimum Gasteiger partial charge on any atom is -0.356 e. The van der Waals surface area contributed by atoms with Gasteiger partial charge in [0.2, 0.25) is 15.9 Å². The molecule has 0 radical (unpaired) electrons. The SMILES string of the molecule is CS(=O)(=O)NCCCNC(=O)[C@H]1C[C@@H]1c1cccc2ccccc12. The van der Waals surface area contributed by atoms with Crippen molar-refractivity contribution in [2.45, 2.75) is 18.8 Å². The molecule has 1 amide bonds. The third-order valence-electron chi connectivity index (χ3n) is 4.37. The van der Waals surface area contributed by atoms with E-state index in [1.54, 1.807) is 0 Å². The van der Waals surface area contributed by atoms with E-state index >= 15 is 0 Å². The van der Waals surface area contributed by atoms with Crippen molar-refractivity contribution in [1.82, 2.24) is 10.0 Å². The minimum absolute atomic E-state index is 0.0265. The number of hydrogen-bond acceptors (Lipinski definition) is 3. The summed E-state index contributed by atoms with van der Waals surface area (Å²) in [6.07, 6.45) is 2.59. The molecule has 1 aliphatic carbocycles. The van der Waals surface area contributed by atoms with Crippen molar-refractivity contribution in [3.8, 4) is 0 Å². The van der Waals surface area contributed by atoms with Crippen molar-refractivity contribution in [2.24, 2.45) is 5.92 Å². The van der Waals surface area contributed by atoms with Crippen LogP contribution < -0.4 is 10.0 Å². The maximum Gasteiger partial charge on any atom is 0.223 e. The van der Waals surface area contributed by atoms with Gasteiger partial charge in [0.25, 0.3) is 0 Å². The quantitative estimate of drug-likeness (QED) is 0.753. The molecule has 0 unspecified atom stereocenters. The number of rotatable bonds is 7. The van der Waals surface area contributed by atoms with Crippen LogP contribution >= 0.6 is 0 Å². The van der Waals surface area contributed by atoms with Gasteiger partial charge in [-0.15, -0.1) is 0 Å². The highest BCUT2D eigenvalue weighted by Gasteiger charge is 2.44. The number of benzene rings is 2. The highest BCUT2D eigenvalue weighted by molar-refractivity contribution is 7.88. The second-order valence-electron chi connectivity index (χ2n) is 6.33. The van der Waals surface area contributed by atoms with Gasteiger partial charge in [-0.2, -0.15) is 0 Å². The maximum atomic E-state index is 12.2. The molecule has 1 aliphatic rings. The number of carbonyl (C=O) groups is 1. The number of nitrogens with one attached hydrogen (secondary N) is 2. The number of hydrogen-bond donors (Lipinski definition) is 2. The van der Waals surface area contributed by atoms with Gasteiger partial charge in [0.15, 0.2) is 0 Å². The summed E-state index contributed by atoms with van der Waals surface area (Å²) in [5.41, 5.74) is 1.24. The molecular weight excluding hydrogens is 324 g/mol. The molecule has 3 rings (SSSR count). The molecular formula is C18H22N2O3S. The van der Waals surface area contributed by atoms with E-state index in [1.165, 1.54) is 16.3 Å². The van der Waals surface area contributed by atoms with Crippen molar-refractivity contribution >= 4 is 26.7 Å². The number of sulfonamides is 1. The monoisotopic (exact) mass is 346 g/mol. The smallest absolute Gasteiger partial charge is 0.223 e. The van der Waals surface area contributed by atoms with Crippen LogP contribution in [0.15, 0.2) is 42.5 Å². The summed E-state index contributed by atoms with van der Waals surface area (Å²) < 4.78 is 24.3. The summed E-state index contributed by atoms with van der Waals surface area (Å²) in [5, 5.41) is 5.33. The average Bonchev–Trinajstić information content (AvgIpc) is 3.33. The Hall–Kier alpha value is -1.92. The van der Waals surface area contributed by atoms with E-state index < -0.39 is 10.0 Å². The van der Waals surface area contributed by atoms with Gasteiger partial charge >= 0.3 is 0 Å². The fourth-order valence-electron chi connectivity index (χ4n) is 3.09. The molecule has 0 aliphatic heterocycles. The van der Waals surface area contributed by atoms with E-state index in [4.69, 9.17) is 0 Å². The first-order valence-electron chi connectivity index (χ1n) is 8.16. The van der Waals surface area contributed by atoms with Gasteiger partial charge in [0.1, 0.15) is 0 Å². The average molecular weight is 346 g/mol. The Bertz CT molecular complexity index is 843. The standard InChI is InChI=1S/C18H22N2O3S/c1-24(22,23)20-11-5-10-19-18(21)17-12-16(17)15-9-4-7-13-6-2-3-8-14(13)15/h2-4,6-9,16-17,20H,5,10-12H2,1H3,(H,19,21)/t16-,17+/m1/s1. The summed E-state index contributed by atoms with van der Waals surface area (Å²) in [7, 11) is -3.16. The lowest BCUT2D eigenvalue weighted by molar-refractivity contribution is -0.122. The zero-order chi connectivity index (χ0) is 17.2. The van der Waals surface area contributed by atoms with E-state index in [-0.39, 0.29) is 17.7 Å². The largest absolute Gasteiger partial charge is 0.356 e. The van der Waals surface area contributed by atoms with Gasteiger partial charge in [0.05, 0.1) is 6.26 Å². The molecule has 2 aromatic carbocycles. The van der Waals surface area contributed by atoms with Gasteiger partial charge in [0, 0.05) is 19.0 Å². The molecule has 0 bridgehead atoms. The molecule has 2 atom stereocenters. The molecule has 2 N–H and O–H groups in total. The summed E-state index contributed by atoms with van der Waals surface area (Å²) in [6.45, 7) is 0.830. The van der Waals surface area contributed by atoms with Gasteiger partial charge in [-0.3, -0.25) is 4.79 Å². The molecule has 5 nitrogen and oxygen atoms in total. The molecule has 128 valence electrons. The normalized spacial score (nSPS) is 20.0. The second kappa shape index (κ2) is 6.91. The van der Waals surface area contributed by atoms with Crippen LogP contribution in [0.5, 0.6) is 0 Å². The van der Waals surface area contributed by atoms with E-state index in [0.29, 0.717) is 19.5 Å². The topological polar surface area (TPSA) is 75.3 Å². The molecule has 0 aromatic heterocycles. The summed E-state index contributed by atoms with van der Waals surface area (Å²) >= 11 is 0. The van der Waals surface area contributed by atoms with Crippen LogP contribution in [0.3, 0.4) is 0 Å². The third kappa shape index (κ3) is 4.13. The van der Waals surface area contributed by atoms with Gasteiger partial charge < -0.3 is 5.32 Å². The van der Waals surface area contributed by atoms with E-state index in [9.17, 15) is 13.2 Å². The lowest BCUT2D eigenvalue weighted by atomic mass is 10.00. The van der Waals surface area contributed by atoms with Crippen molar-refractivity contribution in [3.05, 3.63) is 48.0 Å². The third-order valence-corrected chi connectivity index (χ3v) is 5.10. The zero-order valence-electron chi connectivity index (χ0n) is 13.7. The first-order chi connectivity index (χ1) is 11.5. The Balaban J connectivity index is 1.52. The van der Waals surface area contributed by atoms with Crippen molar-refractivity contribution in [1.29, 1.82) is 0 Å². The Morgan fingerprint density at radius 3 is 2.67 bits per heavy atom. The van der Waals surface area contributed by atoms with Crippen LogP contribution in [0.25, 0.3) is 10.8 Å². The van der Waals surface area contributed by atoms with Crippen LogP contribution in [0.1, 0.15) is 24.3 Å². The summed E-state index contributed by atoms with van der Waals surface area (Å²) in [4.78, 5) is 12.2. The molecule has 0 spiro atoms. The molecule has 0 heterocycles. The highest BCUT2D eigenvalue weighted by Crippen LogP contribution is 2.49. The second-order valence-corrected chi connectivity index (χ2v) is 8.16. The lowest BCUT2D eigenvalue weighted by Gasteiger charge is -2.07. The van der Waals surface area contributed by atoms with Gasteiger partial charge in [-0.1, -0.05) is 42.5 Å². The molecule has 6 heteroatoms. The number of carbonyl (C=O) groups excluding carboxylic acids is 1. The van der Waals surface area contributed by atoms with E-state index in [0.717, 1.165) is 12.7 Å². The predicted octanol–water partition coefficient (Wildman–Crippen LogP) is 2.00. The summed E-state index contributed by atoms with van der Waals surface area (Å²) in [5.74, 6) is 0.371. The van der Waals surface area contributed by atoms with Crippen LogP contribution in [-0.2, 0) is 14.8 Å². The van der Waals surface area contributed by atoms with Crippen molar-refractivity contribution in [2.75, 3.05) is 19.3 Å². The Kier molecular flexibility index (Phi) is 4.87. The zero-order valence-corrected chi connectivity index (χ0v) is 14.5. The molecule has 1 saturated carbocycles. The van der Waals surface area contributed by atoms with E-state index in [1.807, 2.05) is 18.2 Å². The van der Waals surface area contributed by atoms with Crippen LogP contribution in [-0.4, -0.2) is 33.7 Å². The van der Waals surface area contributed by atoms with Crippen molar-refractivity contribution in [3.63, 3.8) is 0 Å². The van der Waals surface area contributed by atoms with Gasteiger partial charge in [-0.25, -0.2) is 13.1 Å². The fraction of sp³-hybridized carbons (Fsp3) is 0.389.